The van der Waals surface area contributed by atoms with Crippen LogP contribution in [0.3, 0.4) is 0 Å². The molecule has 4 bridgehead atoms. The average Bonchev–Trinajstić information content (AvgIpc) is 2.41. The van der Waals surface area contributed by atoms with Gasteiger partial charge >= 0.3 is 0 Å². The smallest absolute Gasteiger partial charge is 0.228 e. The van der Waals surface area contributed by atoms with Gasteiger partial charge in [-0.2, -0.15) is 0 Å². The second kappa shape index (κ2) is 5.86. The van der Waals surface area contributed by atoms with Gasteiger partial charge in [-0.3, -0.25) is 4.79 Å². The first-order chi connectivity index (χ1) is 10.0. The van der Waals surface area contributed by atoms with E-state index in [2.05, 4.69) is 11.8 Å². The van der Waals surface area contributed by atoms with Gasteiger partial charge in [0.15, 0.2) is 0 Å². The molecule has 0 saturated heterocycles. The van der Waals surface area contributed by atoms with Gasteiger partial charge in [0.25, 0.3) is 0 Å². The van der Waals surface area contributed by atoms with Crippen LogP contribution in [0, 0.1) is 23.2 Å². The molecule has 2 N–H and O–H groups in total. The number of nitrogens with zero attached hydrogens (tertiary/aromatic N) is 1. The lowest BCUT2D eigenvalue weighted by Gasteiger charge is -2.56. The third kappa shape index (κ3) is 2.96. The van der Waals surface area contributed by atoms with Crippen LogP contribution in [0.5, 0.6) is 0 Å². The molecule has 0 aromatic carbocycles. The fraction of sp³-hybridized carbons (Fsp3) is 0.882. The van der Waals surface area contributed by atoms with Crippen LogP contribution in [0.15, 0.2) is 0 Å². The maximum atomic E-state index is 13.2. The summed E-state index contributed by atoms with van der Waals surface area (Å²) in [6.07, 6.45) is 9.25. The van der Waals surface area contributed by atoms with Gasteiger partial charge < -0.3 is 10.6 Å². The Labute approximate surface area is 133 Å². The van der Waals surface area contributed by atoms with Crippen molar-refractivity contribution in [3.05, 3.63) is 0 Å². The quantitative estimate of drug-likeness (QED) is 0.767. The Kier molecular flexibility index (Phi) is 4.26. The Morgan fingerprint density at radius 1 is 1.14 bits per heavy atom. The van der Waals surface area contributed by atoms with E-state index in [-0.39, 0.29) is 5.41 Å². The summed E-state index contributed by atoms with van der Waals surface area (Å²) in [7, 11) is 0. The maximum Gasteiger partial charge on any atom is 0.228 e. The first-order valence-corrected chi connectivity index (χ1v) is 9.01. The van der Waals surface area contributed by atoms with Gasteiger partial charge in [0.05, 0.1) is 10.4 Å². The van der Waals surface area contributed by atoms with Gasteiger partial charge in [-0.05, 0) is 62.7 Å². The zero-order chi connectivity index (χ0) is 15.0. The van der Waals surface area contributed by atoms with Crippen molar-refractivity contribution in [2.45, 2.75) is 58.3 Å². The van der Waals surface area contributed by atoms with Crippen molar-refractivity contribution in [1.82, 2.24) is 4.90 Å². The van der Waals surface area contributed by atoms with E-state index in [0.29, 0.717) is 23.9 Å². The summed E-state index contributed by atoms with van der Waals surface area (Å²) in [5, 5.41) is 0. The molecule has 0 atom stereocenters. The summed E-state index contributed by atoms with van der Waals surface area (Å²) in [6.45, 7) is 3.70. The van der Waals surface area contributed by atoms with Gasteiger partial charge in [0.2, 0.25) is 5.91 Å². The largest absolute Gasteiger partial charge is 0.393 e. The van der Waals surface area contributed by atoms with Crippen LogP contribution in [-0.4, -0.2) is 28.9 Å². The Balaban J connectivity index is 1.74. The second-order valence-electron chi connectivity index (χ2n) is 7.71. The SMILES string of the molecule is CCCN(CCC(N)=S)C(=O)C12CC3CC(CC(C3)C1)C2. The molecule has 4 saturated carbocycles. The summed E-state index contributed by atoms with van der Waals surface area (Å²) in [6, 6.07) is 0. The first kappa shape index (κ1) is 15.3. The van der Waals surface area contributed by atoms with Crippen LogP contribution in [0.4, 0.5) is 0 Å². The van der Waals surface area contributed by atoms with Crippen LogP contribution < -0.4 is 5.73 Å². The molecule has 0 aromatic rings. The summed E-state index contributed by atoms with van der Waals surface area (Å²) in [5.41, 5.74) is 5.61. The second-order valence-corrected chi connectivity index (χ2v) is 8.23. The summed E-state index contributed by atoms with van der Waals surface area (Å²) >= 11 is 4.99. The lowest BCUT2D eigenvalue weighted by Crippen LogP contribution is -2.55. The topological polar surface area (TPSA) is 46.3 Å². The minimum absolute atomic E-state index is 0.0276. The van der Waals surface area contributed by atoms with E-state index in [1.165, 1.54) is 19.3 Å². The van der Waals surface area contributed by atoms with Crippen LogP contribution in [0.2, 0.25) is 0 Å². The monoisotopic (exact) mass is 308 g/mol. The third-order valence-corrected chi connectivity index (χ3v) is 6.10. The minimum Gasteiger partial charge on any atom is -0.393 e. The number of carbonyl (C=O) groups is 1. The van der Waals surface area contributed by atoms with Crippen LogP contribution in [0.1, 0.15) is 58.3 Å². The predicted octanol–water partition coefficient (Wildman–Crippen LogP) is 3.12. The molecule has 0 heterocycles. The van der Waals surface area contributed by atoms with Crippen LogP contribution >= 0.6 is 12.2 Å². The van der Waals surface area contributed by atoms with Crippen molar-refractivity contribution in [2.75, 3.05) is 13.1 Å². The summed E-state index contributed by atoms with van der Waals surface area (Å²) in [5.74, 6) is 2.87. The summed E-state index contributed by atoms with van der Waals surface area (Å²) in [4.78, 5) is 15.8. The van der Waals surface area contributed by atoms with Crippen molar-refractivity contribution in [3.8, 4) is 0 Å². The third-order valence-electron chi connectivity index (χ3n) is 5.90. The predicted molar refractivity (Wildman–Crippen MR) is 88.9 cm³/mol. The van der Waals surface area contributed by atoms with Crippen LogP contribution in [0.25, 0.3) is 0 Å². The van der Waals surface area contributed by atoms with Gasteiger partial charge in [0.1, 0.15) is 0 Å². The minimum atomic E-state index is -0.0276. The molecule has 3 nitrogen and oxygen atoms in total. The van der Waals surface area contributed by atoms with Crippen molar-refractivity contribution in [1.29, 1.82) is 0 Å². The van der Waals surface area contributed by atoms with Crippen molar-refractivity contribution >= 4 is 23.1 Å². The lowest BCUT2D eigenvalue weighted by molar-refractivity contribution is -0.157. The van der Waals surface area contributed by atoms with Gasteiger partial charge in [-0.15, -0.1) is 0 Å². The fourth-order valence-electron chi connectivity index (χ4n) is 5.54. The molecular weight excluding hydrogens is 280 g/mol. The van der Waals surface area contributed by atoms with Crippen molar-refractivity contribution in [3.63, 3.8) is 0 Å². The lowest BCUT2D eigenvalue weighted by atomic mass is 9.49. The van der Waals surface area contributed by atoms with Gasteiger partial charge in [0, 0.05) is 19.5 Å². The molecular formula is C17H28N2OS. The molecule has 4 rings (SSSR count). The van der Waals surface area contributed by atoms with Gasteiger partial charge in [-0.1, -0.05) is 19.1 Å². The molecule has 4 aliphatic rings. The zero-order valence-electron chi connectivity index (χ0n) is 13.1. The first-order valence-electron chi connectivity index (χ1n) is 8.60. The van der Waals surface area contributed by atoms with E-state index in [1.807, 2.05) is 0 Å². The van der Waals surface area contributed by atoms with E-state index in [1.54, 1.807) is 0 Å². The molecule has 0 radical (unpaired) electrons. The molecule has 4 fully saturated rings. The molecule has 21 heavy (non-hydrogen) atoms. The highest BCUT2D eigenvalue weighted by Gasteiger charge is 2.55. The number of hydrogen-bond donors (Lipinski definition) is 1. The van der Waals surface area contributed by atoms with Crippen molar-refractivity contribution in [2.24, 2.45) is 28.9 Å². The Morgan fingerprint density at radius 2 is 1.67 bits per heavy atom. The van der Waals surface area contributed by atoms with E-state index in [0.717, 1.165) is 50.0 Å². The molecule has 0 aliphatic heterocycles. The molecule has 4 aliphatic carbocycles. The molecule has 0 spiro atoms. The van der Waals surface area contributed by atoms with Crippen LogP contribution in [-0.2, 0) is 4.79 Å². The fourth-order valence-corrected chi connectivity index (χ4v) is 5.63. The zero-order valence-corrected chi connectivity index (χ0v) is 14.0. The molecule has 1 amide bonds. The maximum absolute atomic E-state index is 13.2. The summed E-state index contributed by atoms with van der Waals surface area (Å²) < 4.78 is 0. The molecule has 0 unspecified atom stereocenters. The highest BCUT2D eigenvalue weighted by atomic mass is 32.1. The highest BCUT2D eigenvalue weighted by Crippen LogP contribution is 2.60. The number of carbonyl (C=O) groups excluding carboxylic acids is 1. The number of nitrogens with two attached hydrogens (primary N) is 1. The van der Waals surface area contributed by atoms with E-state index in [9.17, 15) is 4.79 Å². The van der Waals surface area contributed by atoms with E-state index >= 15 is 0 Å². The molecule has 0 aromatic heterocycles. The number of rotatable bonds is 6. The van der Waals surface area contributed by atoms with E-state index in [4.69, 9.17) is 18.0 Å². The molecule has 4 heteroatoms. The normalized spacial score (nSPS) is 36.7. The van der Waals surface area contributed by atoms with Gasteiger partial charge in [-0.25, -0.2) is 0 Å². The number of amides is 1. The Bertz CT molecular complexity index is 399. The number of thiocarbonyl (C=S) groups is 1. The Morgan fingerprint density at radius 3 is 2.10 bits per heavy atom. The van der Waals surface area contributed by atoms with E-state index < -0.39 is 0 Å². The Hall–Kier alpha value is -0.640. The highest BCUT2D eigenvalue weighted by molar-refractivity contribution is 7.80. The number of hydrogen-bond acceptors (Lipinski definition) is 2. The standard InChI is InChI=1S/C17H28N2OS/c1-2-4-19(5-3-15(18)21)16(20)17-9-12-6-13(10-17)8-14(7-12)11-17/h12-14H,2-11H2,1H3,(H2,18,21). The van der Waals surface area contributed by atoms with Crippen molar-refractivity contribution < 1.29 is 4.79 Å². The average molecular weight is 308 g/mol. The molecule has 118 valence electrons.